The van der Waals surface area contributed by atoms with Crippen molar-refractivity contribution in [1.29, 1.82) is 0 Å². The van der Waals surface area contributed by atoms with Gasteiger partial charge in [-0.25, -0.2) is 0 Å². The van der Waals surface area contributed by atoms with Gasteiger partial charge in [0.2, 0.25) is 5.91 Å². The Morgan fingerprint density at radius 3 is 2.75 bits per heavy atom. The molecule has 0 bridgehead atoms. The van der Waals surface area contributed by atoms with Crippen LogP contribution in [0.2, 0.25) is 0 Å². The van der Waals surface area contributed by atoms with E-state index < -0.39 is 17.1 Å². The summed E-state index contributed by atoms with van der Waals surface area (Å²) < 4.78 is 0. The molecule has 1 aromatic carbocycles. The maximum absolute atomic E-state index is 11.6. The highest BCUT2D eigenvalue weighted by molar-refractivity contribution is 8.15. The number of nitrogens with one attached hydrogen (secondary N) is 1. The summed E-state index contributed by atoms with van der Waals surface area (Å²) in [4.78, 5) is 22.3. The Bertz CT molecular complexity index is 723. The number of phenols is 1. The zero-order chi connectivity index (χ0) is 17.9. The average Bonchev–Trinajstić information content (AvgIpc) is 2.79. The number of nitrogens with zero attached hydrogens (tertiary/aromatic N) is 2. The van der Waals surface area contributed by atoms with Crippen LogP contribution in [-0.2, 0) is 15.0 Å². The van der Waals surface area contributed by atoms with Crippen molar-refractivity contribution in [2.75, 3.05) is 0 Å². The number of amidine groups is 1. The molecule has 128 valence electrons. The second-order valence-corrected chi connectivity index (χ2v) is 7.56. The van der Waals surface area contributed by atoms with Crippen LogP contribution in [-0.4, -0.2) is 38.7 Å². The SMILES string of the molecule is CC(C)(C)c1ccc(O)c(C=NN=C2NC(=O)C(CC(=O)O)S2)c1. The van der Waals surface area contributed by atoms with E-state index in [1.54, 1.807) is 6.07 Å². The van der Waals surface area contributed by atoms with Crippen LogP contribution >= 0.6 is 11.8 Å². The molecule has 1 fully saturated rings. The number of carboxylic acids is 1. The van der Waals surface area contributed by atoms with E-state index in [4.69, 9.17) is 5.11 Å². The monoisotopic (exact) mass is 349 g/mol. The largest absolute Gasteiger partial charge is 0.507 e. The molecule has 0 aromatic heterocycles. The van der Waals surface area contributed by atoms with Crippen LogP contribution in [0, 0.1) is 0 Å². The van der Waals surface area contributed by atoms with Gasteiger partial charge in [0.1, 0.15) is 11.0 Å². The van der Waals surface area contributed by atoms with Gasteiger partial charge in [-0.05, 0) is 23.1 Å². The Balaban J connectivity index is 2.12. The van der Waals surface area contributed by atoms with E-state index in [1.807, 2.05) is 12.1 Å². The Hall–Kier alpha value is -2.35. The van der Waals surface area contributed by atoms with Crippen LogP contribution in [0.15, 0.2) is 28.4 Å². The summed E-state index contributed by atoms with van der Waals surface area (Å²) in [5.41, 5.74) is 1.49. The quantitative estimate of drug-likeness (QED) is 0.569. The molecule has 1 saturated heterocycles. The first-order valence-corrected chi connectivity index (χ1v) is 8.18. The molecule has 0 spiro atoms. The molecule has 1 unspecified atom stereocenters. The van der Waals surface area contributed by atoms with Gasteiger partial charge in [-0.2, -0.15) is 5.10 Å². The first kappa shape index (κ1) is 18.0. The molecule has 0 radical (unpaired) electrons. The Morgan fingerprint density at radius 1 is 1.42 bits per heavy atom. The average molecular weight is 349 g/mol. The summed E-state index contributed by atoms with van der Waals surface area (Å²) in [5.74, 6) is -1.36. The van der Waals surface area contributed by atoms with Gasteiger partial charge in [0.05, 0.1) is 12.6 Å². The van der Waals surface area contributed by atoms with Gasteiger partial charge in [0.25, 0.3) is 0 Å². The van der Waals surface area contributed by atoms with Gasteiger partial charge in [0, 0.05) is 5.56 Å². The minimum Gasteiger partial charge on any atom is -0.507 e. The lowest BCUT2D eigenvalue weighted by Crippen LogP contribution is -2.26. The van der Waals surface area contributed by atoms with Gasteiger partial charge < -0.3 is 15.5 Å². The predicted molar refractivity (Wildman–Crippen MR) is 93.6 cm³/mol. The van der Waals surface area contributed by atoms with E-state index in [-0.39, 0.29) is 22.8 Å². The van der Waals surface area contributed by atoms with Gasteiger partial charge in [-0.15, -0.1) is 5.10 Å². The number of hydrogen-bond acceptors (Lipinski definition) is 6. The van der Waals surface area contributed by atoms with Crippen molar-refractivity contribution >= 4 is 35.0 Å². The highest BCUT2D eigenvalue weighted by Crippen LogP contribution is 2.26. The van der Waals surface area contributed by atoms with E-state index in [0.29, 0.717) is 5.56 Å². The van der Waals surface area contributed by atoms with Crippen molar-refractivity contribution in [3.63, 3.8) is 0 Å². The smallest absolute Gasteiger partial charge is 0.305 e. The lowest BCUT2D eigenvalue weighted by Gasteiger charge is -2.19. The molecule has 7 nitrogen and oxygen atoms in total. The third-order valence-corrected chi connectivity index (χ3v) is 4.45. The maximum Gasteiger partial charge on any atom is 0.305 e. The number of carboxylic acid groups (broad SMARTS) is 1. The number of carbonyl (C=O) groups excluding carboxylic acids is 1. The predicted octanol–water partition coefficient (Wildman–Crippen LogP) is 2.09. The molecule has 0 saturated carbocycles. The molecule has 1 aromatic rings. The number of aromatic hydroxyl groups is 1. The Kier molecular flexibility index (Phi) is 5.28. The van der Waals surface area contributed by atoms with Crippen LogP contribution in [0.5, 0.6) is 5.75 Å². The fraction of sp³-hybridized carbons (Fsp3) is 0.375. The van der Waals surface area contributed by atoms with Crippen LogP contribution < -0.4 is 5.32 Å². The molecule has 1 atom stereocenters. The molecule has 1 amide bonds. The molecule has 1 aliphatic heterocycles. The number of rotatable bonds is 4. The summed E-state index contributed by atoms with van der Waals surface area (Å²) in [6.45, 7) is 6.19. The van der Waals surface area contributed by atoms with Crippen molar-refractivity contribution in [3.05, 3.63) is 29.3 Å². The second-order valence-electron chi connectivity index (χ2n) is 6.37. The van der Waals surface area contributed by atoms with Crippen LogP contribution in [0.1, 0.15) is 38.3 Å². The van der Waals surface area contributed by atoms with E-state index in [9.17, 15) is 14.7 Å². The maximum atomic E-state index is 11.6. The van der Waals surface area contributed by atoms with E-state index in [0.717, 1.165) is 17.3 Å². The summed E-state index contributed by atoms with van der Waals surface area (Å²) in [6, 6.07) is 5.28. The zero-order valence-electron chi connectivity index (χ0n) is 13.6. The molecular formula is C16H19N3O4S. The number of aliphatic carboxylic acids is 1. The molecule has 3 N–H and O–H groups in total. The molecular weight excluding hydrogens is 330 g/mol. The van der Waals surface area contributed by atoms with Crippen molar-refractivity contribution in [1.82, 2.24) is 5.32 Å². The molecule has 1 heterocycles. The Labute approximate surface area is 143 Å². The fourth-order valence-corrected chi connectivity index (χ4v) is 2.93. The van der Waals surface area contributed by atoms with Gasteiger partial charge >= 0.3 is 5.97 Å². The first-order chi connectivity index (χ1) is 11.2. The third-order valence-electron chi connectivity index (χ3n) is 3.38. The molecule has 24 heavy (non-hydrogen) atoms. The van der Waals surface area contributed by atoms with Crippen LogP contribution in [0.3, 0.4) is 0 Å². The van der Waals surface area contributed by atoms with Gasteiger partial charge in [-0.1, -0.05) is 38.6 Å². The topological polar surface area (TPSA) is 111 Å². The molecule has 8 heteroatoms. The van der Waals surface area contributed by atoms with Crippen molar-refractivity contribution in [2.24, 2.45) is 10.2 Å². The summed E-state index contributed by atoms with van der Waals surface area (Å²) in [6.07, 6.45) is 1.13. The summed E-state index contributed by atoms with van der Waals surface area (Å²) >= 11 is 1.03. The molecule has 1 aliphatic rings. The van der Waals surface area contributed by atoms with Crippen molar-refractivity contribution < 1.29 is 19.8 Å². The van der Waals surface area contributed by atoms with E-state index in [2.05, 4.69) is 36.3 Å². The van der Waals surface area contributed by atoms with Crippen LogP contribution in [0.25, 0.3) is 0 Å². The van der Waals surface area contributed by atoms with Crippen molar-refractivity contribution in [3.8, 4) is 5.75 Å². The Morgan fingerprint density at radius 2 is 2.12 bits per heavy atom. The molecule has 2 rings (SSSR count). The fourth-order valence-electron chi connectivity index (χ4n) is 2.01. The lowest BCUT2D eigenvalue weighted by molar-refractivity contribution is -0.138. The van der Waals surface area contributed by atoms with Crippen LogP contribution in [0.4, 0.5) is 0 Å². The summed E-state index contributed by atoms with van der Waals surface area (Å²) in [5, 5.41) is 28.4. The highest BCUT2D eigenvalue weighted by atomic mass is 32.2. The van der Waals surface area contributed by atoms with E-state index in [1.165, 1.54) is 6.21 Å². The number of amides is 1. The number of phenolic OH excluding ortho intramolecular Hbond substituents is 1. The highest BCUT2D eigenvalue weighted by Gasteiger charge is 2.32. The van der Waals surface area contributed by atoms with Crippen molar-refractivity contribution in [2.45, 2.75) is 37.9 Å². The minimum atomic E-state index is -1.05. The lowest BCUT2D eigenvalue weighted by atomic mass is 9.86. The zero-order valence-corrected chi connectivity index (χ0v) is 14.4. The minimum absolute atomic E-state index is 0.0679. The van der Waals surface area contributed by atoms with Gasteiger partial charge in [-0.3, -0.25) is 9.59 Å². The number of hydrogen-bond donors (Lipinski definition) is 3. The third kappa shape index (κ3) is 4.58. The number of thioether (sulfide) groups is 1. The first-order valence-electron chi connectivity index (χ1n) is 7.30. The normalized spacial score (nSPS) is 19.9. The van der Waals surface area contributed by atoms with Gasteiger partial charge in [0.15, 0.2) is 5.17 Å². The number of carbonyl (C=O) groups is 2. The summed E-state index contributed by atoms with van der Waals surface area (Å²) in [7, 11) is 0. The molecule has 0 aliphatic carbocycles. The second kappa shape index (κ2) is 7.04. The number of benzene rings is 1. The van der Waals surface area contributed by atoms with E-state index >= 15 is 0 Å². The standard InChI is InChI=1S/C16H19N3O4S/c1-16(2,3)10-4-5-11(20)9(6-10)8-17-19-15-18-14(23)12(24-15)7-13(21)22/h4-6,8,12,20H,7H2,1-3H3,(H,21,22)(H,18,19,23).